The van der Waals surface area contributed by atoms with E-state index < -0.39 is 11.8 Å². The van der Waals surface area contributed by atoms with Crippen molar-refractivity contribution < 1.29 is 4.79 Å². The van der Waals surface area contributed by atoms with Crippen molar-refractivity contribution in [3.8, 4) is 0 Å². The van der Waals surface area contributed by atoms with Gasteiger partial charge in [0.2, 0.25) is 5.79 Å². The van der Waals surface area contributed by atoms with Gasteiger partial charge in [0.25, 0.3) is 0 Å². The number of rotatable bonds is 2. The zero-order valence-electron chi connectivity index (χ0n) is 7.19. The number of amides is 2. The molecule has 0 spiro atoms. The molecule has 2 N–H and O–H groups in total. The number of hydrogen-bond donors (Lipinski definition) is 1. The normalized spacial score (nSPS) is 18.2. The molecule has 5 nitrogen and oxygen atoms in total. The number of carbonyl (C=O) groups is 1. The molecule has 66 valence electrons. The molecule has 1 heterocycles. The number of aliphatic imine (C=N–C) groups is 2. The topological polar surface area (TPSA) is 71.0 Å². The molecule has 0 aromatic heterocycles. The summed E-state index contributed by atoms with van der Waals surface area (Å²) in [6.45, 7) is 4.07. The summed E-state index contributed by atoms with van der Waals surface area (Å²) in [5, 5.41) is 0. The molecule has 0 fully saturated rings. The molecule has 1 aliphatic rings. The molecule has 0 radical (unpaired) electrons. The highest BCUT2D eigenvalue weighted by molar-refractivity contribution is 6.17. The first-order valence-corrected chi connectivity index (χ1v) is 3.76. The number of primary amides is 1. The van der Waals surface area contributed by atoms with Gasteiger partial charge in [-0.3, -0.25) is 4.90 Å². The maximum atomic E-state index is 10.9. The molecule has 12 heavy (non-hydrogen) atoms. The van der Waals surface area contributed by atoms with E-state index >= 15 is 0 Å². The van der Waals surface area contributed by atoms with E-state index in [0.717, 1.165) is 0 Å². The van der Waals surface area contributed by atoms with Crippen molar-refractivity contribution >= 4 is 18.5 Å². The minimum atomic E-state index is -0.819. The van der Waals surface area contributed by atoms with Crippen molar-refractivity contribution in [3.63, 3.8) is 0 Å². The molecular formula is C7H12N4O. The number of urea groups is 1. The summed E-state index contributed by atoms with van der Waals surface area (Å²) in [5.74, 6) is -0.819. The third-order valence-electron chi connectivity index (χ3n) is 1.80. The lowest BCUT2D eigenvalue weighted by Gasteiger charge is -2.30. The van der Waals surface area contributed by atoms with Crippen LogP contribution in [-0.4, -0.2) is 35.7 Å². The Bertz CT molecular complexity index is 234. The molecular weight excluding hydrogens is 156 g/mol. The molecule has 0 atom stereocenters. The second kappa shape index (κ2) is 2.92. The molecule has 5 heteroatoms. The van der Waals surface area contributed by atoms with Crippen LogP contribution in [0.1, 0.15) is 13.8 Å². The fraction of sp³-hybridized carbons (Fsp3) is 0.571. The van der Waals surface area contributed by atoms with Gasteiger partial charge in [-0.05, 0) is 6.92 Å². The van der Waals surface area contributed by atoms with E-state index in [-0.39, 0.29) is 0 Å². The molecule has 0 aliphatic carbocycles. The Labute approximate surface area is 71.0 Å². The summed E-state index contributed by atoms with van der Waals surface area (Å²) in [6, 6.07) is -0.504. The Kier molecular flexibility index (Phi) is 2.12. The van der Waals surface area contributed by atoms with Crippen LogP contribution in [0.25, 0.3) is 0 Å². The number of carbonyl (C=O) groups excluding carboxylic acids is 1. The monoisotopic (exact) mass is 168 g/mol. The lowest BCUT2D eigenvalue weighted by atomic mass is 10.3. The third kappa shape index (κ3) is 1.30. The molecule has 0 saturated carbocycles. The van der Waals surface area contributed by atoms with Crippen LogP contribution in [0.4, 0.5) is 4.79 Å². The van der Waals surface area contributed by atoms with Crippen molar-refractivity contribution in [2.45, 2.75) is 19.6 Å². The van der Waals surface area contributed by atoms with Crippen LogP contribution in [0.2, 0.25) is 0 Å². The Morgan fingerprint density at radius 2 is 2.08 bits per heavy atom. The summed E-state index contributed by atoms with van der Waals surface area (Å²) >= 11 is 0. The van der Waals surface area contributed by atoms with Gasteiger partial charge in [0, 0.05) is 25.9 Å². The smallest absolute Gasteiger partial charge is 0.318 e. The molecule has 0 aromatic rings. The zero-order valence-corrected chi connectivity index (χ0v) is 7.19. The van der Waals surface area contributed by atoms with Gasteiger partial charge in [0.1, 0.15) is 0 Å². The number of nitrogens with zero attached hydrogens (tertiary/aromatic N) is 3. The molecule has 0 bridgehead atoms. The predicted octanol–water partition coefficient (Wildman–Crippen LogP) is 0.216. The van der Waals surface area contributed by atoms with Crippen molar-refractivity contribution in [1.29, 1.82) is 0 Å². The fourth-order valence-corrected chi connectivity index (χ4v) is 1.19. The second-order valence-corrected chi connectivity index (χ2v) is 2.61. The lowest BCUT2D eigenvalue weighted by molar-refractivity contribution is 0.149. The van der Waals surface area contributed by atoms with Gasteiger partial charge in [-0.15, -0.1) is 0 Å². The first-order chi connectivity index (χ1) is 5.60. The second-order valence-electron chi connectivity index (χ2n) is 2.61. The van der Waals surface area contributed by atoms with Crippen molar-refractivity contribution in [2.75, 3.05) is 6.54 Å². The zero-order chi connectivity index (χ0) is 9.19. The van der Waals surface area contributed by atoms with E-state index in [1.165, 1.54) is 4.90 Å². The highest BCUT2D eigenvalue weighted by Gasteiger charge is 2.32. The van der Waals surface area contributed by atoms with E-state index in [2.05, 4.69) is 9.98 Å². The summed E-state index contributed by atoms with van der Waals surface area (Å²) < 4.78 is 0. The highest BCUT2D eigenvalue weighted by Crippen LogP contribution is 2.19. The van der Waals surface area contributed by atoms with E-state index in [0.29, 0.717) is 6.54 Å². The first-order valence-electron chi connectivity index (χ1n) is 3.76. The third-order valence-corrected chi connectivity index (χ3v) is 1.80. The predicted molar refractivity (Wildman–Crippen MR) is 47.4 cm³/mol. The standard InChI is InChI=1S/C7H12N4O/c1-3-11(6(8)12)7(2)9-4-5-10-7/h4-5H,3H2,1-2H3,(H2,8,12). The maximum Gasteiger partial charge on any atom is 0.318 e. The largest absolute Gasteiger partial charge is 0.351 e. The summed E-state index contributed by atoms with van der Waals surface area (Å²) in [5.41, 5.74) is 5.15. The van der Waals surface area contributed by atoms with E-state index in [1.54, 1.807) is 19.4 Å². The van der Waals surface area contributed by atoms with Gasteiger partial charge >= 0.3 is 6.03 Å². The van der Waals surface area contributed by atoms with Crippen LogP contribution < -0.4 is 5.73 Å². The van der Waals surface area contributed by atoms with Gasteiger partial charge in [0.05, 0.1) is 0 Å². The minimum absolute atomic E-state index is 0.501. The summed E-state index contributed by atoms with van der Waals surface area (Å²) in [4.78, 5) is 20.4. The van der Waals surface area contributed by atoms with Gasteiger partial charge in [0.15, 0.2) is 0 Å². The molecule has 0 aromatic carbocycles. The van der Waals surface area contributed by atoms with Crippen molar-refractivity contribution in [2.24, 2.45) is 15.7 Å². The molecule has 1 aliphatic heterocycles. The molecule has 1 rings (SSSR count). The summed E-state index contributed by atoms with van der Waals surface area (Å²) in [7, 11) is 0. The fourth-order valence-electron chi connectivity index (χ4n) is 1.19. The van der Waals surface area contributed by atoms with Crippen LogP contribution in [0.15, 0.2) is 9.98 Å². The maximum absolute atomic E-state index is 10.9. The number of nitrogens with two attached hydrogens (primary N) is 1. The van der Waals surface area contributed by atoms with Gasteiger partial charge < -0.3 is 5.73 Å². The SMILES string of the molecule is CCN(C(N)=O)C1(C)N=CC=N1. The average molecular weight is 168 g/mol. The van der Waals surface area contributed by atoms with Crippen LogP contribution in [0.5, 0.6) is 0 Å². The van der Waals surface area contributed by atoms with Crippen LogP contribution >= 0.6 is 0 Å². The number of hydrogen-bond acceptors (Lipinski definition) is 3. The Balaban J connectivity index is 2.85. The van der Waals surface area contributed by atoms with Gasteiger partial charge in [-0.1, -0.05) is 0 Å². The van der Waals surface area contributed by atoms with Crippen LogP contribution in [0, 0.1) is 0 Å². The van der Waals surface area contributed by atoms with E-state index in [4.69, 9.17) is 5.73 Å². The minimum Gasteiger partial charge on any atom is -0.351 e. The Morgan fingerprint density at radius 1 is 1.58 bits per heavy atom. The average Bonchev–Trinajstić information content (AvgIpc) is 2.37. The van der Waals surface area contributed by atoms with Crippen molar-refractivity contribution in [1.82, 2.24) is 4.90 Å². The van der Waals surface area contributed by atoms with Crippen molar-refractivity contribution in [3.05, 3.63) is 0 Å². The summed E-state index contributed by atoms with van der Waals surface area (Å²) in [6.07, 6.45) is 3.12. The van der Waals surface area contributed by atoms with E-state index in [9.17, 15) is 4.79 Å². The van der Waals surface area contributed by atoms with Gasteiger partial charge in [-0.2, -0.15) is 0 Å². The molecule has 0 saturated heterocycles. The Hall–Kier alpha value is -1.39. The Morgan fingerprint density at radius 3 is 2.42 bits per heavy atom. The quantitative estimate of drug-likeness (QED) is 0.629. The first kappa shape index (κ1) is 8.70. The lowest BCUT2D eigenvalue weighted by Crippen LogP contribution is -2.48. The van der Waals surface area contributed by atoms with Gasteiger partial charge in [-0.25, -0.2) is 14.8 Å². The van der Waals surface area contributed by atoms with E-state index in [1.807, 2.05) is 6.92 Å². The van der Waals surface area contributed by atoms with Crippen LogP contribution in [-0.2, 0) is 0 Å². The molecule has 2 amide bonds. The molecule has 0 unspecified atom stereocenters. The van der Waals surface area contributed by atoms with Crippen LogP contribution in [0.3, 0.4) is 0 Å². The highest BCUT2D eigenvalue weighted by atomic mass is 16.2.